The minimum Gasteiger partial charge on any atom is -0.497 e. The summed E-state index contributed by atoms with van der Waals surface area (Å²) in [5, 5.41) is 10.3. The van der Waals surface area contributed by atoms with E-state index in [1.807, 2.05) is 72.8 Å². The van der Waals surface area contributed by atoms with Gasteiger partial charge in [-0.2, -0.15) is 0 Å². The number of aromatic nitrogens is 2. The molecule has 0 radical (unpaired) electrons. The maximum absolute atomic E-state index is 14.4. The van der Waals surface area contributed by atoms with Crippen LogP contribution >= 0.6 is 34.9 Å². The molecule has 0 spiro atoms. The molecule has 0 saturated carbocycles. The van der Waals surface area contributed by atoms with Crippen molar-refractivity contribution in [3.8, 4) is 5.75 Å². The van der Waals surface area contributed by atoms with E-state index in [4.69, 9.17) is 23.8 Å². The Kier molecular flexibility index (Phi) is 15.3. The van der Waals surface area contributed by atoms with Gasteiger partial charge in [0.25, 0.3) is 11.8 Å². The zero-order valence-electron chi connectivity index (χ0n) is 37.4. The summed E-state index contributed by atoms with van der Waals surface area (Å²) in [7, 11) is 1.56. The lowest BCUT2D eigenvalue weighted by Crippen LogP contribution is -2.71. The van der Waals surface area contributed by atoms with Crippen LogP contribution in [0, 0.1) is 0 Å². The number of oxime groups is 1. The second kappa shape index (κ2) is 21.3. The molecule has 16 nitrogen and oxygen atoms in total. The van der Waals surface area contributed by atoms with Crippen molar-refractivity contribution in [1.82, 2.24) is 20.2 Å². The minimum atomic E-state index is -1.76. The lowest BCUT2D eigenvalue weighted by atomic mass is 10.0. The van der Waals surface area contributed by atoms with Crippen molar-refractivity contribution in [3.63, 3.8) is 0 Å². The zero-order chi connectivity index (χ0) is 47.7. The first-order valence-corrected chi connectivity index (χ1v) is 23.8. The average Bonchev–Trinajstić information content (AvgIpc) is 3.78. The van der Waals surface area contributed by atoms with Crippen molar-refractivity contribution >= 4 is 75.6 Å². The predicted octanol–water partition coefficient (Wildman–Crippen LogP) is 7.92. The van der Waals surface area contributed by atoms with Crippen LogP contribution in [0.15, 0.2) is 136 Å². The van der Waals surface area contributed by atoms with E-state index in [-0.39, 0.29) is 23.1 Å². The van der Waals surface area contributed by atoms with Crippen LogP contribution in [0.25, 0.3) is 0 Å². The normalized spacial score (nSPS) is 16.1. The fraction of sp³-hybridized carbons (Fsp3) is 0.292. The molecule has 348 valence electrons. The molecule has 1 saturated heterocycles. The number of rotatable bonds is 17. The number of carbonyl (C=O) groups excluding carboxylic acids is 5. The van der Waals surface area contributed by atoms with Gasteiger partial charge < -0.3 is 29.1 Å². The summed E-state index contributed by atoms with van der Waals surface area (Å²) < 4.78 is 22.5. The lowest BCUT2D eigenvalue weighted by molar-refractivity contribution is -0.172. The largest absolute Gasteiger partial charge is 0.497 e. The third-order valence-corrected chi connectivity index (χ3v) is 13.2. The molecule has 3 amide bonds. The van der Waals surface area contributed by atoms with Gasteiger partial charge in [0.1, 0.15) is 40.8 Å². The van der Waals surface area contributed by atoms with Gasteiger partial charge in [0.05, 0.1) is 7.11 Å². The third kappa shape index (κ3) is 12.2. The molecular formula is C48H48N6O10S3. The molecule has 2 aliphatic heterocycles. The van der Waals surface area contributed by atoms with Crippen LogP contribution in [0.2, 0.25) is 0 Å². The number of hydrogen-bond acceptors (Lipinski definition) is 16. The summed E-state index contributed by atoms with van der Waals surface area (Å²) in [6.07, 6.45) is 1.77. The Labute approximate surface area is 399 Å². The Balaban J connectivity index is 1.13. The number of methoxy groups -OCH3 is 1. The molecule has 67 heavy (non-hydrogen) atoms. The first-order chi connectivity index (χ1) is 32.1. The summed E-state index contributed by atoms with van der Waals surface area (Å²) >= 11 is 3.84. The number of pyridine rings is 1. The maximum atomic E-state index is 14.4. The topological polar surface area (TPSA) is 197 Å². The Hall–Kier alpha value is -6.70. The SMILES string of the molecule is COc1ccc(COC(=O)C2=C(CSc3ccncc3)CS[C@H]3[C@H](NC(=O)C(=NOC(C)(C)C(=O)OC(c4ccccc4)c4ccccc4)c4csc(NC(=O)OC(C)(C)C)n4)C(=O)N23)cc1. The monoisotopic (exact) mass is 964 g/mol. The van der Waals surface area contributed by atoms with E-state index in [0.29, 0.717) is 28.4 Å². The van der Waals surface area contributed by atoms with Crippen molar-refractivity contribution in [1.29, 1.82) is 0 Å². The summed E-state index contributed by atoms with van der Waals surface area (Å²) in [6, 6.07) is 28.1. The van der Waals surface area contributed by atoms with Gasteiger partial charge in [-0.15, -0.1) is 34.9 Å². The summed E-state index contributed by atoms with van der Waals surface area (Å²) in [4.78, 5) is 85.7. The second-order valence-corrected chi connectivity index (χ2v) is 19.5. The minimum absolute atomic E-state index is 0.0396. The van der Waals surface area contributed by atoms with E-state index >= 15 is 0 Å². The Morgan fingerprint density at radius 3 is 2.19 bits per heavy atom. The molecule has 0 bridgehead atoms. The predicted molar refractivity (Wildman–Crippen MR) is 254 cm³/mol. The fourth-order valence-corrected chi connectivity index (χ4v) is 9.65. The van der Waals surface area contributed by atoms with E-state index in [9.17, 15) is 24.0 Å². The highest BCUT2D eigenvalue weighted by Crippen LogP contribution is 2.42. The van der Waals surface area contributed by atoms with E-state index in [1.54, 1.807) is 64.5 Å². The van der Waals surface area contributed by atoms with Crippen LogP contribution in [-0.2, 0) is 44.8 Å². The molecule has 0 aliphatic carbocycles. The summed E-state index contributed by atoms with van der Waals surface area (Å²) in [6.45, 7) is 7.95. The van der Waals surface area contributed by atoms with Crippen LogP contribution in [0.3, 0.4) is 0 Å². The zero-order valence-corrected chi connectivity index (χ0v) is 39.9. The van der Waals surface area contributed by atoms with E-state index in [1.165, 1.54) is 47.7 Å². The Morgan fingerprint density at radius 1 is 0.910 bits per heavy atom. The highest BCUT2D eigenvalue weighted by molar-refractivity contribution is 8.01. The summed E-state index contributed by atoms with van der Waals surface area (Å²) in [5.74, 6) is -1.54. The van der Waals surface area contributed by atoms with Crippen LogP contribution < -0.4 is 15.4 Å². The van der Waals surface area contributed by atoms with Gasteiger partial charge >= 0.3 is 18.0 Å². The lowest BCUT2D eigenvalue weighted by Gasteiger charge is -2.49. The van der Waals surface area contributed by atoms with Crippen molar-refractivity contribution in [2.45, 2.75) is 74.8 Å². The number of thiazole rings is 1. The number of amides is 3. The molecule has 19 heteroatoms. The number of thioether (sulfide) groups is 2. The van der Waals surface area contributed by atoms with Gasteiger partial charge in [-0.05, 0) is 81.1 Å². The molecule has 7 rings (SSSR count). The second-order valence-electron chi connectivity index (χ2n) is 16.5. The van der Waals surface area contributed by atoms with Crippen LogP contribution in [-0.4, -0.2) is 91.7 Å². The average molecular weight is 965 g/mol. The van der Waals surface area contributed by atoms with Crippen LogP contribution in [0.5, 0.6) is 5.75 Å². The molecule has 0 unspecified atom stereocenters. The van der Waals surface area contributed by atoms with Crippen LogP contribution in [0.4, 0.5) is 9.93 Å². The Bertz CT molecular complexity index is 2600. The molecular weight excluding hydrogens is 917 g/mol. The van der Waals surface area contributed by atoms with E-state index in [2.05, 4.69) is 25.8 Å². The first-order valence-electron chi connectivity index (χ1n) is 20.9. The number of nitrogens with zero attached hydrogens (tertiary/aromatic N) is 4. The maximum Gasteiger partial charge on any atom is 0.413 e. The fourth-order valence-electron chi connectivity index (χ4n) is 6.60. The third-order valence-electron chi connectivity index (χ3n) is 9.97. The number of esters is 2. The van der Waals surface area contributed by atoms with Crippen molar-refractivity contribution in [2.24, 2.45) is 5.16 Å². The smallest absolute Gasteiger partial charge is 0.413 e. The van der Waals surface area contributed by atoms with E-state index in [0.717, 1.165) is 27.4 Å². The quantitative estimate of drug-likeness (QED) is 0.0228. The molecule has 2 N–H and O–H groups in total. The number of anilines is 1. The van der Waals surface area contributed by atoms with Crippen LogP contribution in [0.1, 0.15) is 63.1 Å². The van der Waals surface area contributed by atoms with Crippen molar-refractivity contribution < 1.29 is 47.8 Å². The number of hydrogen-bond donors (Lipinski definition) is 2. The number of ether oxygens (including phenoxy) is 4. The molecule has 4 heterocycles. The number of benzene rings is 3. The van der Waals surface area contributed by atoms with Gasteiger partial charge in [0.15, 0.2) is 16.9 Å². The van der Waals surface area contributed by atoms with Gasteiger partial charge in [-0.3, -0.25) is 24.8 Å². The van der Waals surface area contributed by atoms with Crippen molar-refractivity contribution in [3.05, 3.63) is 148 Å². The number of carbonyl (C=O) groups is 5. The molecule has 3 aromatic carbocycles. The van der Waals surface area contributed by atoms with Gasteiger partial charge in [0, 0.05) is 34.2 Å². The molecule has 2 aliphatic rings. The number of fused-ring (bicyclic) bond motifs is 1. The summed E-state index contributed by atoms with van der Waals surface area (Å²) in [5.41, 5.74) is -0.0715. The van der Waals surface area contributed by atoms with Gasteiger partial charge in [-0.1, -0.05) is 78.0 Å². The first kappa shape index (κ1) is 48.2. The number of β-lactam (4-membered cyclic amide) rings is 1. The van der Waals surface area contributed by atoms with Crippen molar-refractivity contribution in [2.75, 3.05) is 23.9 Å². The molecule has 2 atom stereocenters. The standard InChI is InChI=1S/C48H48N6O10S3/c1-47(2,3)63-46(59)52-45-50-35(28-67-45)36(53-64-48(4,5)44(58)62-39(30-13-9-7-10-14-30)31-15-11-8-12-16-31)40(55)51-37-41(56)54-38(43(57)61-25-29-17-19-33(60-6)20-18-29)32(27-66-42(37)54)26-65-34-21-23-49-24-22-34/h7-24,28,37,39,42H,25-27H2,1-6H3,(H,51,55)(H,50,52,59)/t37-,42+/m1/s1. The molecule has 2 aromatic heterocycles. The highest BCUT2D eigenvalue weighted by Gasteiger charge is 2.55. The molecule has 5 aromatic rings. The Morgan fingerprint density at radius 2 is 1.57 bits per heavy atom. The van der Waals surface area contributed by atoms with Gasteiger partial charge in [0.2, 0.25) is 5.60 Å². The van der Waals surface area contributed by atoms with Gasteiger partial charge in [-0.25, -0.2) is 19.4 Å². The highest BCUT2D eigenvalue weighted by atomic mass is 32.2. The molecule has 1 fully saturated rings. The van der Waals surface area contributed by atoms with E-state index < -0.39 is 64.3 Å². The number of nitrogens with one attached hydrogen (secondary N) is 2.